The minimum atomic E-state index is 0.367. The largest absolute Gasteiger partial charge is 0.507 e. The number of benzene rings is 3. The van der Waals surface area contributed by atoms with Crippen molar-refractivity contribution < 1.29 is 5.11 Å². The summed E-state index contributed by atoms with van der Waals surface area (Å²) in [5, 5.41) is 15.6. The van der Waals surface area contributed by atoms with Crippen molar-refractivity contribution in [3.8, 4) is 5.75 Å². The molecule has 0 heterocycles. The Morgan fingerprint density at radius 1 is 0.727 bits per heavy atom. The van der Waals surface area contributed by atoms with Gasteiger partial charge < -0.3 is 10.4 Å². The zero-order valence-electron chi connectivity index (χ0n) is 12.2. The molecule has 2 N–H and O–H groups in total. The third-order valence-electron chi connectivity index (χ3n) is 3.45. The van der Waals surface area contributed by atoms with Gasteiger partial charge in [0.1, 0.15) is 5.75 Å². The molecule has 0 saturated heterocycles. The van der Waals surface area contributed by atoms with Crippen molar-refractivity contribution in [3.63, 3.8) is 0 Å². The van der Waals surface area contributed by atoms with Gasteiger partial charge in [-0.3, -0.25) is 0 Å². The molecule has 0 aromatic heterocycles. The van der Waals surface area contributed by atoms with Crippen molar-refractivity contribution in [2.75, 3.05) is 5.32 Å². The lowest BCUT2D eigenvalue weighted by atomic mass is 10.2. The average Bonchev–Trinajstić information content (AvgIpc) is 2.57. The summed E-state index contributed by atoms with van der Waals surface area (Å²) in [6, 6.07) is 26.1. The van der Waals surface area contributed by atoms with Gasteiger partial charge in [-0.25, -0.2) is 0 Å². The molecule has 22 heavy (non-hydrogen) atoms. The van der Waals surface area contributed by atoms with E-state index in [1.165, 1.54) is 10.9 Å². The molecule has 110 valence electrons. The van der Waals surface area contributed by atoms with Crippen molar-refractivity contribution in [1.29, 1.82) is 0 Å². The van der Waals surface area contributed by atoms with Crippen LogP contribution in [0.15, 0.2) is 78.9 Å². The van der Waals surface area contributed by atoms with E-state index in [1.807, 2.05) is 42.5 Å². The van der Waals surface area contributed by atoms with E-state index in [4.69, 9.17) is 0 Å². The lowest BCUT2D eigenvalue weighted by Gasteiger charge is -2.12. The molecule has 0 radical (unpaired) electrons. The number of nitrogens with one attached hydrogen (secondary N) is 1. The molecule has 0 bridgehead atoms. The summed E-state index contributed by atoms with van der Waals surface area (Å²) < 4.78 is 0. The van der Waals surface area contributed by atoms with Crippen LogP contribution >= 0.6 is 8.58 Å². The van der Waals surface area contributed by atoms with Crippen LogP contribution < -0.4 is 15.9 Å². The first-order chi connectivity index (χ1) is 10.8. The van der Waals surface area contributed by atoms with Crippen LogP contribution in [0.4, 0.5) is 5.69 Å². The van der Waals surface area contributed by atoms with E-state index in [0.29, 0.717) is 14.3 Å². The third-order valence-corrected chi connectivity index (χ3v) is 4.90. The maximum Gasteiger partial charge on any atom is 0.123 e. The lowest BCUT2D eigenvalue weighted by Crippen LogP contribution is -2.12. The number of para-hydroxylation sites is 2. The highest BCUT2D eigenvalue weighted by molar-refractivity contribution is 7.55. The normalized spacial score (nSPS) is 10.9. The zero-order chi connectivity index (χ0) is 15.2. The van der Waals surface area contributed by atoms with Crippen LogP contribution in [0.5, 0.6) is 5.75 Å². The first-order valence-corrected chi connectivity index (χ1v) is 8.25. The van der Waals surface area contributed by atoms with Gasteiger partial charge in [0.15, 0.2) is 0 Å². The van der Waals surface area contributed by atoms with Crippen LogP contribution in [0.3, 0.4) is 0 Å². The summed E-state index contributed by atoms with van der Waals surface area (Å²) in [7, 11) is 0.452. The fourth-order valence-corrected chi connectivity index (χ4v) is 3.47. The number of aromatic hydroxyl groups is 1. The highest BCUT2D eigenvalue weighted by Crippen LogP contribution is 2.20. The van der Waals surface area contributed by atoms with Gasteiger partial charge in [0.2, 0.25) is 0 Å². The fraction of sp³-hybridized carbons (Fsp3) is 0.0526. The predicted molar refractivity (Wildman–Crippen MR) is 95.9 cm³/mol. The second kappa shape index (κ2) is 7.11. The minimum absolute atomic E-state index is 0.367. The van der Waals surface area contributed by atoms with Gasteiger partial charge in [0.05, 0.1) is 0 Å². The highest BCUT2D eigenvalue weighted by atomic mass is 31.1. The van der Waals surface area contributed by atoms with Crippen LogP contribution in [0.25, 0.3) is 0 Å². The zero-order valence-corrected chi connectivity index (χ0v) is 13.2. The molecule has 3 aromatic carbocycles. The lowest BCUT2D eigenvalue weighted by molar-refractivity contribution is 0.480. The molecule has 0 aliphatic heterocycles. The smallest absolute Gasteiger partial charge is 0.123 e. The molecule has 2 nitrogen and oxygen atoms in total. The number of rotatable bonds is 5. The molecule has 0 aliphatic carbocycles. The second-order valence-electron chi connectivity index (χ2n) is 5.02. The van der Waals surface area contributed by atoms with Gasteiger partial charge in [-0.1, -0.05) is 69.2 Å². The van der Waals surface area contributed by atoms with E-state index in [-0.39, 0.29) is 0 Å². The van der Waals surface area contributed by atoms with E-state index in [2.05, 4.69) is 35.6 Å². The Hall–Kier alpha value is -2.31. The Morgan fingerprint density at radius 3 is 2.14 bits per heavy atom. The maximum absolute atomic E-state index is 9.96. The maximum atomic E-state index is 9.96. The van der Waals surface area contributed by atoms with E-state index < -0.39 is 0 Å². The minimum Gasteiger partial charge on any atom is -0.507 e. The first-order valence-electron chi connectivity index (χ1n) is 7.25. The molecule has 3 heteroatoms. The molecule has 0 aliphatic rings. The van der Waals surface area contributed by atoms with Crippen LogP contribution in [-0.2, 0) is 6.54 Å². The summed E-state index contributed by atoms with van der Waals surface area (Å²) in [6.45, 7) is 0.779. The monoisotopic (exact) mass is 307 g/mol. The molecular formula is C19H18NOP. The Kier molecular flexibility index (Phi) is 4.72. The Balaban J connectivity index is 1.77. The Labute approximate surface area is 132 Å². The molecule has 0 saturated carbocycles. The van der Waals surface area contributed by atoms with Gasteiger partial charge in [0.25, 0.3) is 0 Å². The van der Waals surface area contributed by atoms with E-state index >= 15 is 0 Å². The first kappa shape index (κ1) is 14.6. The summed E-state index contributed by atoms with van der Waals surface area (Å²) in [6.07, 6.45) is 0. The van der Waals surface area contributed by atoms with Crippen molar-refractivity contribution in [2.24, 2.45) is 0 Å². The van der Waals surface area contributed by atoms with Gasteiger partial charge in [-0.2, -0.15) is 0 Å². The molecular weight excluding hydrogens is 289 g/mol. The van der Waals surface area contributed by atoms with Crippen LogP contribution in [-0.4, -0.2) is 5.11 Å². The van der Waals surface area contributed by atoms with Crippen molar-refractivity contribution in [1.82, 2.24) is 0 Å². The molecule has 1 atom stereocenters. The van der Waals surface area contributed by atoms with Gasteiger partial charge in [0, 0.05) is 17.5 Å². The number of hydrogen-bond acceptors (Lipinski definition) is 2. The molecule has 0 amide bonds. The molecule has 3 rings (SSSR count). The molecule has 3 aromatic rings. The number of phenols is 1. The molecule has 0 fully saturated rings. The second-order valence-corrected chi connectivity index (χ2v) is 6.35. The van der Waals surface area contributed by atoms with Crippen LogP contribution in [0.2, 0.25) is 0 Å². The number of phenolic OH excluding ortho intramolecular Hbond substituents is 1. The van der Waals surface area contributed by atoms with Crippen molar-refractivity contribution in [3.05, 3.63) is 84.4 Å². The van der Waals surface area contributed by atoms with Gasteiger partial charge >= 0.3 is 0 Å². The Morgan fingerprint density at radius 2 is 1.36 bits per heavy atom. The van der Waals surface area contributed by atoms with Crippen LogP contribution in [0.1, 0.15) is 5.56 Å². The topological polar surface area (TPSA) is 32.3 Å². The molecule has 0 spiro atoms. The summed E-state index contributed by atoms with van der Waals surface area (Å²) in [5.74, 6) is 0.367. The average molecular weight is 307 g/mol. The van der Waals surface area contributed by atoms with E-state index in [9.17, 15) is 5.11 Å². The van der Waals surface area contributed by atoms with Crippen LogP contribution in [0, 0.1) is 0 Å². The SMILES string of the molecule is Oc1ccccc1Pc1ccccc1CNc1ccccc1. The predicted octanol–water partition coefficient (Wildman–Crippen LogP) is 3.63. The summed E-state index contributed by atoms with van der Waals surface area (Å²) in [4.78, 5) is 0. The van der Waals surface area contributed by atoms with E-state index in [0.717, 1.165) is 17.5 Å². The highest BCUT2D eigenvalue weighted by Gasteiger charge is 2.06. The summed E-state index contributed by atoms with van der Waals surface area (Å²) >= 11 is 0. The molecule has 1 unspecified atom stereocenters. The Bertz CT molecular complexity index is 743. The van der Waals surface area contributed by atoms with E-state index in [1.54, 1.807) is 6.07 Å². The van der Waals surface area contributed by atoms with Crippen molar-refractivity contribution >= 4 is 24.9 Å². The fourth-order valence-electron chi connectivity index (χ4n) is 2.27. The summed E-state index contributed by atoms with van der Waals surface area (Å²) in [5.41, 5.74) is 2.37. The van der Waals surface area contributed by atoms with Crippen molar-refractivity contribution in [2.45, 2.75) is 6.54 Å². The standard InChI is InChI=1S/C19H18NOP/c21-17-11-5-7-13-19(17)22-18-12-6-4-8-15(18)14-20-16-9-2-1-3-10-16/h1-13,20-22H,14H2. The van der Waals surface area contributed by atoms with Gasteiger partial charge in [-0.15, -0.1) is 0 Å². The van der Waals surface area contributed by atoms with Gasteiger partial charge in [-0.05, 0) is 29.1 Å². The quantitative estimate of drug-likeness (QED) is 0.706. The number of anilines is 1. The third kappa shape index (κ3) is 3.66. The number of hydrogen-bond donors (Lipinski definition) is 2.